The van der Waals surface area contributed by atoms with Crippen LogP contribution in [0.25, 0.3) is 0 Å². The van der Waals surface area contributed by atoms with Crippen LogP contribution in [0.5, 0.6) is 0 Å². The summed E-state index contributed by atoms with van der Waals surface area (Å²) in [6.45, 7) is 1.37. The van der Waals surface area contributed by atoms with Crippen LogP contribution in [-0.2, 0) is 17.8 Å². The van der Waals surface area contributed by atoms with Gasteiger partial charge in [0, 0.05) is 39.1 Å². The minimum absolute atomic E-state index is 0.0381. The van der Waals surface area contributed by atoms with E-state index < -0.39 is 0 Å². The Kier molecular flexibility index (Phi) is 5.83. The SMILES string of the molecule is CN(C)c1ccc(CC(=O)NCCCn2cc(Cl)cn2)cc1. The Balaban J connectivity index is 1.69. The Labute approximate surface area is 135 Å². The maximum atomic E-state index is 11.9. The van der Waals surface area contributed by atoms with Crippen LogP contribution in [0.1, 0.15) is 12.0 Å². The highest BCUT2D eigenvalue weighted by molar-refractivity contribution is 6.30. The van der Waals surface area contributed by atoms with Gasteiger partial charge in [0.2, 0.25) is 5.91 Å². The molecule has 2 aromatic rings. The largest absolute Gasteiger partial charge is 0.378 e. The van der Waals surface area contributed by atoms with Gasteiger partial charge in [0.05, 0.1) is 17.6 Å². The first-order valence-corrected chi connectivity index (χ1v) is 7.63. The Hall–Kier alpha value is -2.01. The van der Waals surface area contributed by atoms with E-state index in [2.05, 4.69) is 10.4 Å². The molecule has 5 nitrogen and oxygen atoms in total. The van der Waals surface area contributed by atoms with E-state index in [0.29, 0.717) is 18.0 Å². The number of aromatic nitrogens is 2. The summed E-state index contributed by atoms with van der Waals surface area (Å²) in [5, 5.41) is 7.64. The van der Waals surface area contributed by atoms with Crippen molar-refractivity contribution in [1.29, 1.82) is 0 Å². The first kappa shape index (κ1) is 16.4. The lowest BCUT2D eigenvalue weighted by Gasteiger charge is -2.12. The Bertz CT molecular complexity index is 607. The number of carbonyl (C=O) groups excluding carboxylic acids is 1. The van der Waals surface area contributed by atoms with Crippen molar-refractivity contribution >= 4 is 23.2 Å². The van der Waals surface area contributed by atoms with E-state index in [1.165, 1.54) is 0 Å². The third-order valence-corrected chi connectivity index (χ3v) is 3.50. The Morgan fingerprint density at radius 3 is 2.64 bits per heavy atom. The van der Waals surface area contributed by atoms with Gasteiger partial charge in [-0.1, -0.05) is 23.7 Å². The summed E-state index contributed by atoms with van der Waals surface area (Å²) in [6.07, 6.45) is 4.61. The molecule has 6 heteroatoms. The minimum atomic E-state index is 0.0381. The van der Waals surface area contributed by atoms with Gasteiger partial charge in [-0.15, -0.1) is 0 Å². The molecule has 1 amide bonds. The highest BCUT2D eigenvalue weighted by Crippen LogP contribution is 2.12. The number of anilines is 1. The fraction of sp³-hybridized carbons (Fsp3) is 0.375. The smallest absolute Gasteiger partial charge is 0.224 e. The maximum Gasteiger partial charge on any atom is 0.224 e. The van der Waals surface area contributed by atoms with E-state index in [1.807, 2.05) is 43.3 Å². The second-order valence-electron chi connectivity index (χ2n) is 5.36. The van der Waals surface area contributed by atoms with Gasteiger partial charge in [-0.25, -0.2) is 0 Å². The zero-order chi connectivity index (χ0) is 15.9. The summed E-state index contributed by atoms with van der Waals surface area (Å²) in [5.41, 5.74) is 2.14. The molecule has 0 saturated heterocycles. The van der Waals surface area contributed by atoms with E-state index in [1.54, 1.807) is 17.1 Å². The molecule has 1 aromatic carbocycles. The van der Waals surface area contributed by atoms with Crippen LogP contribution in [0.2, 0.25) is 5.02 Å². The predicted molar refractivity (Wildman–Crippen MR) is 89.3 cm³/mol. The highest BCUT2D eigenvalue weighted by Gasteiger charge is 2.04. The molecule has 0 aliphatic rings. The summed E-state index contributed by atoms with van der Waals surface area (Å²) in [4.78, 5) is 13.9. The molecule has 22 heavy (non-hydrogen) atoms. The molecular formula is C16H21ClN4O. The van der Waals surface area contributed by atoms with Crippen molar-refractivity contribution in [2.75, 3.05) is 25.5 Å². The summed E-state index contributed by atoms with van der Waals surface area (Å²) in [5.74, 6) is 0.0381. The van der Waals surface area contributed by atoms with E-state index in [4.69, 9.17) is 11.6 Å². The molecule has 1 aromatic heterocycles. The van der Waals surface area contributed by atoms with E-state index in [0.717, 1.165) is 24.2 Å². The van der Waals surface area contributed by atoms with Gasteiger partial charge in [-0.05, 0) is 24.1 Å². The number of amides is 1. The van der Waals surface area contributed by atoms with Gasteiger partial charge in [0.15, 0.2) is 0 Å². The van der Waals surface area contributed by atoms with Crippen molar-refractivity contribution in [1.82, 2.24) is 15.1 Å². The normalized spacial score (nSPS) is 10.5. The first-order valence-electron chi connectivity index (χ1n) is 7.25. The third-order valence-electron chi connectivity index (χ3n) is 3.31. The second-order valence-corrected chi connectivity index (χ2v) is 5.80. The molecule has 0 aliphatic carbocycles. The Morgan fingerprint density at radius 2 is 2.05 bits per heavy atom. The molecule has 1 heterocycles. The van der Waals surface area contributed by atoms with Crippen LogP contribution in [0.3, 0.4) is 0 Å². The molecule has 0 fully saturated rings. The van der Waals surface area contributed by atoms with Gasteiger partial charge >= 0.3 is 0 Å². The van der Waals surface area contributed by atoms with Crippen LogP contribution in [0.4, 0.5) is 5.69 Å². The van der Waals surface area contributed by atoms with E-state index >= 15 is 0 Å². The van der Waals surface area contributed by atoms with Crippen LogP contribution in [0.15, 0.2) is 36.7 Å². The Morgan fingerprint density at radius 1 is 1.32 bits per heavy atom. The zero-order valence-corrected chi connectivity index (χ0v) is 13.7. The van der Waals surface area contributed by atoms with Crippen LogP contribution >= 0.6 is 11.6 Å². The fourth-order valence-electron chi connectivity index (χ4n) is 2.09. The number of halogens is 1. The number of carbonyl (C=O) groups is 1. The number of aryl methyl sites for hydroxylation is 1. The van der Waals surface area contributed by atoms with Crippen molar-refractivity contribution in [3.63, 3.8) is 0 Å². The lowest BCUT2D eigenvalue weighted by atomic mass is 10.1. The van der Waals surface area contributed by atoms with Crippen LogP contribution < -0.4 is 10.2 Å². The summed E-state index contributed by atoms with van der Waals surface area (Å²) < 4.78 is 1.77. The fourth-order valence-corrected chi connectivity index (χ4v) is 2.25. The number of hydrogen-bond acceptors (Lipinski definition) is 3. The highest BCUT2D eigenvalue weighted by atomic mass is 35.5. The third kappa shape index (κ3) is 5.07. The average Bonchev–Trinajstić information content (AvgIpc) is 2.90. The monoisotopic (exact) mass is 320 g/mol. The minimum Gasteiger partial charge on any atom is -0.378 e. The van der Waals surface area contributed by atoms with Crippen molar-refractivity contribution in [3.8, 4) is 0 Å². The summed E-state index contributed by atoms with van der Waals surface area (Å²) >= 11 is 5.79. The maximum absolute atomic E-state index is 11.9. The molecule has 2 rings (SSSR count). The van der Waals surface area contributed by atoms with Crippen LogP contribution in [0, 0.1) is 0 Å². The number of nitrogens with zero attached hydrogens (tertiary/aromatic N) is 3. The van der Waals surface area contributed by atoms with Crippen molar-refractivity contribution in [2.45, 2.75) is 19.4 Å². The number of benzene rings is 1. The van der Waals surface area contributed by atoms with Gasteiger partial charge in [0.25, 0.3) is 0 Å². The number of nitrogens with one attached hydrogen (secondary N) is 1. The summed E-state index contributed by atoms with van der Waals surface area (Å²) in [6, 6.07) is 8.01. The molecule has 0 bridgehead atoms. The van der Waals surface area contributed by atoms with Crippen molar-refractivity contribution in [3.05, 3.63) is 47.2 Å². The molecular weight excluding hydrogens is 300 g/mol. The topological polar surface area (TPSA) is 50.2 Å². The van der Waals surface area contributed by atoms with Gasteiger partial charge < -0.3 is 10.2 Å². The van der Waals surface area contributed by atoms with Crippen molar-refractivity contribution < 1.29 is 4.79 Å². The van der Waals surface area contributed by atoms with Gasteiger partial charge in [0.1, 0.15) is 0 Å². The molecule has 0 unspecified atom stereocenters. The zero-order valence-electron chi connectivity index (χ0n) is 12.9. The lowest BCUT2D eigenvalue weighted by Crippen LogP contribution is -2.26. The van der Waals surface area contributed by atoms with E-state index in [9.17, 15) is 4.79 Å². The molecule has 0 atom stereocenters. The first-order chi connectivity index (χ1) is 10.5. The van der Waals surface area contributed by atoms with Gasteiger partial charge in [-0.3, -0.25) is 9.48 Å². The number of rotatable bonds is 7. The molecule has 0 spiro atoms. The van der Waals surface area contributed by atoms with Gasteiger partial charge in [-0.2, -0.15) is 5.10 Å². The number of hydrogen-bond donors (Lipinski definition) is 1. The summed E-state index contributed by atoms with van der Waals surface area (Å²) in [7, 11) is 3.99. The average molecular weight is 321 g/mol. The molecule has 0 saturated carbocycles. The van der Waals surface area contributed by atoms with E-state index in [-0.39, 0.29) is 5.91 Å². The molecule has 118 valence electrons. The molecule has 0 aliphatic heterocycles. The second kappa shape index (κ2) is 7.84. The van der Waals surface area contributed by atoms with Crippen LogP contribution in [-0.4, -0.2) is 36.3 Å². The molecule has 0 radical (unpaired) electrons. The van der Waals surface area contributed by atoms with Crippen molar-refractivity contribution in [2.24, 2.45) is 0 Å². The lowest BCUT2D eigenvalue weighted by molar-refractivity contribution is -0.120. The standard InChI is InChI=1S/C16H21ClN4O/c1-20(2)15-6-4-13(5-7-15)10-16(22)18-8-3-9-21-12-14(17)11-19-21/h4-7,11-12H,3,8-10H2,1-2H3,(H,18,22). The molecule has 1 N–H and O–H groups in total. The quantitative estimate of drug-likeness (QED) is 0.797. The predicted octanol–water partition coefficient (Wildman–Crippen LogP) is 2.35.